The van der Waals surface area contributed by atoms with Crippen LogP contribution in [-0.4, -0.2) is 47.4 Å². The van der Waals surface area contributed by atoms with E-state index in [-0.39, 0.29) is 24.0 Å². The molecular formula is C17H23N3O3. The van der Waals surface area contributed by atoms with Crippen molar-refractivity contribution in [2.75, 3.05) is 26.2 Å². The number of hydrogen-bond acceptors (Lipinski definition) is 4. The van der Waals surface area contributed by atoms with Gasteiger partial charge >= 0.3 is 6.03 Å². The molecule has 1 saturated heterocycles. The highest BCUT2D eigenvalue weighted by Crippen LogP contribution is 2.34. The van der Waals surface area contributed by atoms with Gasteiger partial charge in [-0.25, -0.2) is 4.79 Å². The second kappa shape index (κ2) is 6.20. The molecule has 1 aromatic carbocycles. The number of carbonyl (C=O) groups excluding carboxylic acids is 1. The molecule has 0 bridgehead atoms. The summed E-state index contributed by atoms with van der Waals surface area (Å²) in [5, 5.41) is 17.5. The van der Waals surface area contributed by atoms with Gasteiger partial charge in [-0.15, -0.1) is 0 Å². The first kappa shape index (κ1) is 15.8. The SMILES string of the molecule is CC1CN(C(=O)NCCc2noc3ccccc23)CC1(C)CO. The molecule has 0 spiro atoms. The van der Waals surface area contributed by atoms with E-state index in [2.05, 4.69) is 17.4 Å². The molecule has 1 aliphatic heterocycles. The summed E-state index contributed by atoms with van der Waals surface area (Å²) in [5.74, 6) is 0.290. The Bertz CT molecular complexity index is 699. The molecule has 2 unspecified atom stereocenters. The number of carbonyl (C=O) groups is 1. The van der Waals surface area contributed by atoms with Gasteiger partial charge in [-0.2, -0.15) is 0 Å². The fourth-order valence-corrected chi connectivity index (χ4v) is 3.09. The van der Waals surface area contributed by atoms with Crippen LogP contribution in [0.5, 0.6) is 0 Å². The van der Waals surface area contributed by atoms with Crippen LogP contribution in [0.2, 0.25) is 0 Å². The number of benzene rings is 1. The van der Waals surface area contributed by atoms with E-state index < -0.39 is 0 Å². The second-order valence-corrected chi connectivity index (χ2v) is 6.70. The van der Waals surface area contributed by atoms with Gasteiger partial charge in [-0.3, -0.25) is 0 Å². The average Bonchev–Trinajstić information content (AvgIpc) is 3.10. The summed E-state index contributed by atoms with van der Waals surface area (Å²) in [5.41, 5.74) is 1.41. The summed E-state index contributed by atoms with van der Waals surface area (Å²) < 4.78 is 5.26. The van der Waals surface area contributed by atoms with Crippen molar-refractivity contribution in [3.8, 4) is 0 Å². The van der Waals surface area contributed by atoms with E-state index in [0.717, 1.165) is 16.7 Å². The monoisotopic (exact) mass is 317 g/mol. The fourth-order valence-electron chi connectivity index (χ4n) is 3.09. The van der Waals surface area contributed by atoms with Gasteiger partial charge in [0.1, 0.15) is 0 Å². The largest absolute Gasteiger partial charge is 0.396 e. The van der Waals surface area contributed by atoms with Crippen molar-refractivity contribution in [1.29, 1.82) is 0 Å². The zero-order chi connectivity index (χ0) is 16.4. The second-order valence-electron chi connectivity index (χ2n) is 6.70. The van der Waals surface area contributed by atoms with Crippen LogP contribution in [0.25, 0.3) is 11.0 Å². The molecule has 2 atom stereocenters. The van der Waals surface area contributed by atoms with Crippen LogP contribution in [0.1, 0.15) is 19.5 Å². The molecule has 2 aromatic rings. The third-order valence-electron chi connectivity index (χ3n) is 4.97. The zero-order valence-corrected chi connectivity index (χ0v) is 13.6. The lowest BCUT2D eigenvalue weighted by Crippen LogP contribution is -2.40. The smallest absolute Gasteiger partial charge is 0.317 e. The number of aliphatic hydroxyl groups is 1. The molecule has 1 fully saturated rings. The average molecular weight is 317 g/mol. The molecule has 1 aromatic heterocycles. The number of nitrogens with one attached hydrogen (secondary N) is 1. The Morgan fingerprint density at radius 1 is 1.52 bits per heavy atom. The maximum atomic E-state index is 12.3. The van der Waals surface area contributed by atoms with Crippen LogP contribution in [0.15, 0.2) is 28.8 Å². The molecule has 6 nitrogen and oxygen atoms in total. The molecule has 6 heteroatoms. The number of likely N-dealkylation sites (tertiary alicyclic amines) is 1. The van der Waals surface area contributed by atoms with Gasteiger partial charge in [0.25, 0.3) is 0 Å². The molecule has 23 heavy (non-hydrogen) atoms. The Morgan fingerprint density at radius 2 is 2.30 bits per heavy atom. The molecule has 124 valence electrons. The lowest BCUT2D eigenvalue weighted by Gasteiger charge is -2.25. The summed E-state index contributed by atoms with van der Waals surface area (Å²) in [4.78, 5) is 14.1. The number of aliphatic hydroxyl groups excluding tert-OH is 1. The lowest BCUT2D eigenvalue weighted by molar-refractivity contribution is 0.119. The molecular weight excluding hydrogens is 294 g/mol. The highest BCUT2D eigenvalue weighted by Gasteiger charge is 2.41. The number of rotatable bonds is 4. The van der Waals surface area contributed by atoms with Gasteiger partial charge in [0, 0.05) is 36.9 Å². The first-order valence-corrected chi connectivity index (χ1v) is 8.00. The number of para-hydroxylation sites is 1. The molecule has 2 amide bonds. The highest BCUT2D eigenvalue weighted by molar-refractivity contribution is 5.79. The van der Waals surface area contributed by atoms with Crippen LogP contribution in [0.4, 0.5) is 4.79 Å². The molecule has 3 rings (SSSR count). The quantitative estimate of drug-likeness (QED) is 0.904. The topological polar surface area (TPSA) is 78.6 Å². The van der Waals surface area contributed by atoms with Crippen molar-refractivity contribution in [2.45, 2.75) is 20.3 Å². The van der Waals surface area contributed by atoms with Gasteiger partial charge in [0.05, 0.1) is 12.3 Å². The molecule has 0 saturated carbocycles. The van der Waals surface area contributed by atoms with Gasteiger partial charge < -0.3 is 19.8 Å². The maximum Gasteiger partial charge on any atom is 0.317 e. The van der Waals surface area contributed by atoms with Crippen molar-refractivity contribution < 1.29 is 14.4 Å². The maximum absolute atomic E-state index is 12.3. The van der Waals surface area contributed by atoms with E-state index in [1.165, 1.54) is 0 Å². The molecule has 0 radical (unpaired) electrons. The van der Waals surface area contributed by atoms with Gasteiger partial charge in [-0.05, 0) is 18.1 Å². The number of amides is 2. The molecule has 2 N–H and O–H groups in total. The van der Waals surface area contributed by atoms with E-state index >= 15 is 0 Å². The normalized spacial score (nSPS) is 24.3. The van der Waals surface area contributed by atoms with E-state index in [0.29, 0.717) is 26.1 Å². The summed E-state index contributed by atoms with van der Waals surface area (Å²) in [6, 6.07) is 7.63. The van der Waals surface area contributed by atoms with Crippen molar-refractivity contribution in [3.05, 3.63) is 30.0 Å². The number of hydrogen-bond donors (Lipinski definition) is 2. The Labute approximate surface area is 135 Å². The predicted molar refractivity (Wildman–Crippen MR) is 87.0 cm³/mol. The Kier molecular flexibility index (Phi) is 4.26. The van der Waals surface area contributed by atoms with Crippen molar-refractivity contribution in [2.24, 2.45) is 11.3 Å². The highest BCUT2D eigenvalue weighted by atomic mass is 16.5. The minimum atomic E-state index is -0.209. The first-order valence-electron chi connectivity index (χ1n) is 8.00. The third-order valence-corrected chi connectivity index (χ3v) is 4.97. The predicted octanol–water partition coefficient (Wildman–Crippen LogP) is 2.03. The van der Waals surface area contributed by atoms with Crippen molar-refractivity contribution >= 4 is 17.0 Å². The molecule has 0 aliphatic carbocycles. The number of fused-ring (bicyclic) bond motifs is 1. The minimum absolute atomic E-state index is 0.0816. The zero-order valence-electron chi connectivity index (χ0n) is 13.6. The van der Waals surface area contributed by atoms with E-state index in [9.17, 15) is 9.90 Å². The van der Waals surface area contributed by atoms with Crippen LogP contribution in [-0.2, 0) is 6.42 Å². The number of nitrogens with zero attached hydrogens (tertiary/aromatic N) is 2. The minimum Gasteiger partial charge on any atom is -0.396 e. The molecule has 2 heterocycles. The van der Waals surface area contributed by atoms with Crippen LogP contribution in [0.3, 0.4) is 0 Å². The van der Waals surface area contributed by atoms with Gasteiger partial charge in [0.2, 0.25) is 0 Å². The number of urea groups is 1. The van der Waals surface area contributed by atoms with Gasteiger partial charge in [0.15, 0.2) is 5.58 Å². The van der Waals surface area contributed by atoms with Gasteiger partial charge in [-0.1, -0.05) is 31.1 Å². The van der Waals surface area contributed by atoms with Crippen LogP contribution >= 0.6 is 0 Å². The van der Waals surface area contributed by atoms with Crippen LogP contribution < -0.4 is 5.32 Å². The van der Waals surface area contributed by atoms with Crippen LogP contribution in [0, 0.1) is 11.3 Å². The van der Waals surface area contributed by atoms with E-state index in [1.807, 2.05) is 31.2 Å². The van der Waals surface area contributed by atoms with E-state index in [4.69, 9.17) is 4.52 Å². The Morgan fingerprint density at radius 3 is 3.04 bits per heavy atom. The summed E-state index contributed by atoms with van der Waals surface area (Å²) >= 11 is 0. The molecule has 1 aliphatic rings. The van der Waals surface area contributed by atoms with Crippen molar-refractivity contribution in [3.63, 3.8) is 0 Å². The number of aromatic nitrogens is 1. The van der Waals surface area contributed by atoms with E-state index in [1.54, 1.807) is 4.90 Å². The summed E-state index contributed by atoms with van der Waals surface area (Å²) in [6.45, 7) is 5.97. The Hall–Kier alpha value is -2.08. The van der Waals surface area contributed by atoms with Crippen molar-refractivity contribution in [1.82, 2.24) is 15.4 Å². The summed E-state index contributed by atoms with van der Waals surface area (Å²) in [6.07, 6.45) is 0.628. The first-order chi connectivity index (χ1) is 11.0. The fraction of sp³-hybridized carbons (Fsp3) is 0.529. The summed E-state index contributed by atoms with van der Waals surface area (Å²) in [7, 11) is 0. The lowest BCUT2D eigenvalue weighted by atomic mass is 9.82. The third kappa shape index (κ3) is 3.03. The Balaban J connectivity index is 1.54. The standard InChI is InChI=1S/C17H23N3O3/c1-12-9-20(10-17(12,2)11-21)16(22)18-8-7-14-13-5-3-4-6-15(13)23-19-14/h3-6,12,21H,7-11H2,1-2H3,(H,18,22).